The molecule has 0 amide bonds. The molecule has 5 nitrogen and oxygen atoms in total. The lowest BCUT2D eigenvalue weighted by Gasteiger charge is -2.33. The molecule has 2 aromatic carbocycles. The second kappa shape index (κ2) is 7.84. The van der Waals surface area contributed by atoms with Crippen LogP contribution in [0.3, 0.4) is 0 Å². The minimum absolute atomic E-state index is 0.137. The van der Waals surface area contributed by atoms with Crippen LogP contribution >= 0.6 is 0 Å². The Balaban J connectivity index is 1.53. The van der Waals surface area contributed by atoms with E-state index in [1.165, 1.54) is 12.1 Å². The number of hydrogen-bond donors (Lipinski definition) is 1. The molecule has 1 aromatic heterocycles. The van der Waals surface area contributed by atoms with E-state index in [-0.39, 0.29) is 11.9 Å². The number of nitrogens with zero attached hydrogens (tertiary/aromatic N) is 3. The molecule has 2 heterocycles. The quantitative estimate of drug-likeness (QED) is 0.680. The number of benzene rings is 2. The van der Waals surface area contributed by atoms with Crippen molar-refractivity contribution in [2.45, 2.75) is 25.8 Å². The van der Waals surface area contributed by atoms with Crippen LogP contribution in [0.4, 0.5) is 15.9 Å². The summed E-state index contributed by atoms with van der Waals surface area (Å²) in [5.41, 5.74) is 2.07. The second-order valence-electron chi connectivity index (χ2n) is 6.91. The van der Waals surface area contributed by atoms with Crippen LogP contribution in [0.2, 0.25) is 0 Å². The Morgan fingerprint density at radius 2 is 2.00 bits per heavy atom. The van der Waals surface area contributed by atoms with Crippen molar-refractivity contribution in [2.24, 2.45) is 0 Å². The highest BCUT2D eigenvalue weighted by atomic mass is 19.1. The highest BCUT2D eigenvalue weighted by molar-refractivity contribution is 5.56. The first kappa shape index (κ1) is 18.2. The van der Waals surface area contributed by atoms with Crippen molar-refractivity contribution in [1.82, 2.24) is 9.97 Å². The van der Waals surface area contributed by atoms with Gasteiger partial charge in [0.15, 0.2) is 0 Å². The number of halogens is 1. The number of aromatic nitrogens is 2. The summed E-state index contributed by atoms with van der Waals surface area (Å²) < 4.78 is 18.9. The van der Waals surface area contributed by atoms with Gasteiger partial charge >= 0.3 is 0 Å². The van der Waals surface area contributed by atoms with Gasteiger partial charge in [-0.15, -0.1) is 0 Å². The number of aryl methyl sites for hydroxylation is 1. The van der Waals surface area contributed by atoms with Crippen LogP contribution in [0.1, 0.15) is 30.8 Å². The maximum absolute atomic E-state index is 13.1. The molecule has 0 fully saturated rings. The van der Waals surface area contributed by atoms with Gasteiger partial charge in [0.05, 0.1) is 6.04 Å². The third-order valence-electron chi connectivity index (χ3n) is 4.88. The van der Waals surface area contributed by atoms with Gasteiger partial charge in [0.25, 0.3) is 0 Å². The van der Waals surface area contributed by atoms with E-state index in [2.05, 4.69) is 29.2 Å². The van der Waals surface area contributed by atoms with E-state index in [1.807, 2.05) is 30.5 Å². The molecule has 144 valence electrons. The summed E-state index contributed by atoms with van der Waals surface area (Å²) in [6.07, 6.45) is 3.72. The molecule has 0 bridgehead atoms. The maximum atomic E-state index is 13.1. The Hall–Kier alpha value is -3.15. The molecule has 1 aliphatic rings. The Bertz CT molecular complexity index is 961. The monoisotopic (exact) mass is 378 g/mol. The van der Waals surface area contributed by atoms with E-state index < -0.39 is 0 Å². The van der Waals surface area contributed by atoms with Crippen LogP contribution in [0.5, 0.6) is 11.5 Å². The lowest BCUT2D eigenvalue weighted by Crippen LogP contribution is -2.31. The van der Waals surface area contributed by atoms with E-state index in [4.69, 9.17) is 9.72 Å². The molecular weight excluding hydrogens is 355 g/mol. The minimum Gasteiger partial charge on any atom is -0.457 e. The average molecular weight is 378 g/mol. The molecule has 28 heavy (non-hydrogen) atoms. The fourth-order valence-corrected chi connectivity index (χ4v) is 3.36. The fraction of sp³-hybridized carbons (Fsp3) is 0.273. The highest BCUT2D eigenvalue weighted by Gasteiger charge is 2.25. The molecule has 4 rings (SSSR count). The third kappa shape index (κ3) is 3.91. The van der Waals surface area contributed by atoms with Gasteiger partial charge in [-0.25, -0.2) is 14.4 Å². The zero-order valence-electron chi connectivity index (χ0n) is 16.0. The highest BCUT2D eigenvalue weighted by Crippen LogP contribution is 2.34. The zero-order valence-corrected chi connectivity index (χ0v) is 16.0. The van der Waals surface area contributed by atoms with Crippen molar-refractivity contribution in [3.8, 4) is 11.5 Å². The molecular formula is C22H23FN4O. The van der Waals surface area contributed by atoms with E-state index in [9.17, 15) is 4.39 Å². The van der Waals surface area contributed by atoms with Gasteiger partial charge in [-0.1, -0.05) is 13.0 Å². The Morgan fingerprint density at radius 1 is 1.18 bits per heavy atom. The Labute approximate surface area is 164 Å². The summed E-state index contributed by atoms with van der Waals surface area (Å²) in [5.74, 6) is 2.87. The number of nitrogens with one attached hydrogen (secondary N) is 1. The van der Waals surface area contributed by atoms with Crippen molar-refractivity contribution < 1.29 is 9.13 Å². The molecule has 0 spiro atoms. The van der Waals surface area contributed by atoms with Crippen LogP contribution < -0.4 is 15.0 Å². The minimum atomic E-state index is -0.280. The van der Waals surface area contributed by atoms with Crippen molar-refractivity contribution in [3.63, 3.8) is 0 Å². The fourth-order valence-electron chi connectivity index (χ4n) is 3.36. The van der Waals surface area contributed by atoms with E-state index in [0.29, 0.717) is 11.5 Å². The number of hydrogen-bond acceptors (Lipinski definition) is 5. The van der Waals surface area contributed by atoms with Crippen molar-refractivity contribution in [1.29, 1.82) is 0 Å². The summed E-state index contributed by atoms with van der Waals surface area (Å²) in [4.78, 5) is 11.4. The second-order valence-corrected chi connectivity index (χ2v) is 6.91. The first-order valence-corrected chi connectivity index (χ1v) is 9.49. The number of rotatable bonds is 5. The molecule has 6 heteroatoms. The van der Waals surface area contributed by atoms with Crippen molar-refractivity contribution in [3.05, 3.63) is 71.9 Å². The predicted molar refractivity (Wildman–Crippen MR) is 109 cm³/mol. The summed E-state index contributed by atoms with van der Waals surface area (Å²) in [5, 5.41) is 3.58. The molecule has 1 aliphatic heterocycles. The van der Waals surface area contributed by atoms with E-state index >= 15 is 0 Å². The van der Waals surface area contributed by atoms with E-state index in [0.717, 1.165) is 42.3 Å². The normalized spacial score (nSPS) is 15.8. The Kier molecular flexibility index (Phi) is 5.10. The number of ether oxygens (including phenoxy) is 1. The topological polar surface area (TPSA) is 50.3 Å². The molecule has 1 unspecified atom stereocenters. The third-order valence-corrected chi connectivity index (χ3v) is 4.88. The number of anilines is 2. The summed E-state index contributed by atoms with van der Waals surface area (Å²) in [7, 11) is 2.07. The van der Waals surface area contributed by atoms with Crippen LogP contribution in [0.25, 0.3) is 0 Å². The van der Waals surface area contributed by atoms with Crippen LogP contribution in [0, 0.1) is 5.82 Å². The predicted octanol–water partition coefficient (Wildman–Crippen LogP) is 4.96. The van der Waals surface area contributed by atoms with Gasteiger partial charge < -0.3 is 15.0 Å². The van der Waals surface area contributed by atoms with Gasteiger partial charge in [-0.2, -0.15) is 0 Å². The van der Waals surface area contributed by atoms with Crippen molar-refractivity contribution >= 4 is 11.5 Å². The lowest BCUT2D eigenvalue weighted by atomic mass is 10.0. The molecule has 3 aromatic rings. The average Bonchev–Trinajstić information content (AvgIpc) is 2.72. The van der Waals surface area contributed by atoms with Crippen LogP contribution in [-0.2, 0) is 6.42 Å². The summed E-state index contributed by atoms with van der Waals surface area (Å²) in [6.45, 7) is 2.99. The molecule has 1 atom stereocenters. The Morgan fingerprint density at radius 3 is 2.79 bits per heavy atom. The molecule has 0 saturated heterocycles. The standard InChI is InChI=1S/C22H23FN4O/c1-3-21-24-14-19-20(11-12-27(2)22(19)26-21)25-16-5-4-6-18(13-16)28-17-9-7-15(23)8-10-17/h4-10,13-14,20,25H,3,11-12H2,1-2H3. The lowest BCUT2D eigenvalue weighted by molar-refractivity contribution is 0.480. The zero-order chi connectivity index (χ0) is 19.5. The van der Waals surface area contributed by atoms with Gasteiger partial charge in [-0.3, -0.25) is 0 Å². The molecule has 0 aliphatic carbocycles. The first-order chi connectivity index (χ1) is 13.6. The largest absolute Gasteiger partial charge is 0.457 e. The smallest absolute Gasteiger partial charge is 0.137 e. The van der Waals surface area contributed by atoms with E-state index in [1.54, 1.807) is 12.1 Å². The number of fused-ring (bicyclic) bond motifs is 1. The van der Waals surface area contributed by atoms with Crippen LogP contribution in [-0.4, -0.2) is 23.6 Å². The first-order valence-electron chi connectivity index (χ1n) is 9.49. The summed E-state index contributed by atoms with van der Waals surface area (Å²) >= 11 is 0. The van der Waals surface area contributed by atoms with Gasteiger partial charge in [-0.05, 0) is 42.8 Å². The molecule has 0 saturated carbocycles. The molecule has 1 N–H and O–H groups in total. The SMILES string of the molecule is CCc1ncc2c(n1)N(C)CCC2Nc1cccc(Oc2ccc(F)cc2)c1. The molecule has 0 radical (unpaired) electrons. The van der Waals surface area contributed by atoms with Gasteiger partial charge in [0, 0.05) is 43.5 Å². The van der Waals surface area contributed by atoms with Crippen molar-refractivity contribution in [2.75, 3.05) is 23.8 Å². The summed E-state index contributed by atoms with van der Waals surface area (Å²) in [6, 6.07) is 13.9. The van der Waals surface area contributed by atoms with Gasteiger partial charge in [0.1, 0.15) is 29.0 Å². The van der Waals surface area contributed by atoms with Gasteiger partial charge in [0.2, 0.25) is 0 Å². The van der Waals surface area contributed by atoms with Crippen LogP contribution in [0.15, 0.2) is 54.7 Å². The maximum Gasteiger partial charge on any atom is 0.137 e.